The van der Waals surface area contributed by atoms with Gasteiger partial charge in [-0.2, -0.15) is 0 Å². The molecule has 0 saturated heterocycles. The van der Waals surface area contributed by atoms with Crippen molar-refractivity contribution >= 4 is 29.7 Å². The van der Waals surface area contributed by atoms with Crippen molar-refractivity contribution in [3.8, 4) is 0 Å². The van der Waals surface area contributed by atoms with Crippen LogP contribution < -0.4 is 21.7 Å². The fourth-order valence-electron chi connectivity index (χ4n) is 2.58. The number of carbonyl (C=O) groups excluding carboxylic acids is 2. The van der Waals surface area contributed by atoms with Gasteiger partial charge in [0.15, 0.2) is 5.96 Å². The first-order valence-electron chi connectivity index (χ1n) is 9.66. The average Bonchev–Trinajstić information content (AvgIpc) is 2.59. The number of unbranched alkanes of at least 4 members (excludes halogenated alkanes) is 4. The van der Waals surface area contributed by atoms with Crippen molar-refractivity contribution in [1.82, 2.24) is 16.0 Å². The van der Waals surface area contributed by atoms with Crippen molar-refractivity contribution in [1.29, 1.82) is 5.41 Å². The molecule has 166 valence electrons. The lowest BCUT2D eigenvalue weighted by molar-refractivity contribution is -0.144. The minimum Gasteiger partial charge on any atom is -0.481 e. The molecule has 8 N–H and O–H groups in total. The summed E-state index contributed by atoms with van der Waals surface area (Å²) in [5.41, 5.74) is 5.17. The van der Waals surface area contributed by atoms with Gasteiger partial charge >= 0.3 is 11.9 Å². The Kier molecular flexibility index (Phi) is 12.8. The molecule has 0 aromatic rings. The first-order chi connectivity index (χ1) is 13.5. The predicted molar refractivity (Wildman–Crippen MR) is 106 cm³/mol. The van der Waals surface area contributed by atoms with Gasteiger partial charge in [-0.15, -0.1) is 0 Å². The summed E-state index contributed by atoms with van der Waals surface area (Å²) in [4.78, 5) is 46.5. The summed E-state index contributed by atoms with van der Waals surface area (Å²) < 4.78 is 0. The fourth-order valence-corrected chi connectivity index (χ4v) is 2.58. The summed E-state index contributed by atoms with van der Waals surface area (Å²) >= 11 is 0. The number of carboxylic acid groups (broad SMARTS) is 2. The second-order valence-electron chi connectivity index (χ2n) is 7.14. The normalized spacial score (nSPS) is 12.7. The molecule has 0 aromatic carbocycles. The second kappa shape index (κ2) is 14.2. The Labute approximate surface area is 170 Å². The van der Waals surface area contributed by atoms with E-state index in [0.29, 0.717) is 13.0 Å². The zero-order chi connectivity index (χ0) is 22.4. The lowest BCUT2D eigenvalue weighted by atomic mass is 10.0. The molecule has 0 bridgehead atoms. The highest BCUT2D eigenvalue weighted by molar-refractivity contribution is 5.92. The average molecular weight is 415 g/mol. The number of hydrogen-bond donors (Lipinski definition) is 7. The van der Waals surface area contributed by atoms with Crippen LogP contribution in [0.1, 0.15) is 58.8 Å². The molecule has 0 aliphatic rings. The lowest BCUT2D eigenvalue weighted by Crippen LogP contribution is -2.53. The molecule has 0 spiro atoms. The molecule has 0 aliphatic heterocycles. The maximum Gasteiger partial charge on any atom is 0.326 e. The van der Waals surface area contributed by atoms with Crippen molar-refractivity contribution in [3.05, 3.63) is 0 Å². The minimum absolute atomic E-state index is 0.0651. The summed E-state index contributed by atoms with van der Waals surface area (Å²) in [6, 6.07) is -2.51. The number of aliphatic carboxylic acids is 2. The molecule has 0 rings (SSSR count). The van der Waals surface area contributed by atoms with Gasteiger partial charge in [-0.3, -0.25) is 19.8 Å². The summed E-state index contributed by atoms with van der Waals surface area (Å²) in [5.74, 6) is -4.26. The number of guanidine groups is 1. The van der Waals surface area contributed by atoms with E-state index in [4.69, 9.17) is 21.4 Å². The smallest absolute Gasteiger partial charge is 0.326 e. The number of hydrogen-bond acceptors (Lipinski definition) is 5. The van der Waals surface area contributed by atoms with Crippen LogP contribution in [0.2, 0.25) is 0 Å². The number of carboxylic acids is 2. The van der Waals surface area contributed by atoms with Gasteiger partial charge in [-0.25, -0.2) is 4.79 Å². The highest BCUT2D eigenvalue weighted by Crippen LogP contribution is 2.07. The van der Waals surface area contributed by atoms with Crippen LogP contribution in [0.25, 0.3) is 0 Å². The highest BCUT2D eigenvalue weighted by atomic mass is 16.4. The minimum atomic E-state index is -1.33. The van der Waals surface area contributed by atoms with E-state index in [9.17, 15) is 19.2 Å². The summed E-state index contributed by atoms with van der Waals surface area (Å²) in [7, 11) is 0. The van der Waals surface area contributed by atoms with E-state index in [1.807, 2.05) is 0 Å². The van der Waals surface area contributed by atoms with Gasteiger partial charge in [-0.1, -0.05) is 33.1 Å². The van der Waals surface area contributed by atoms with E-state index in [-0.39, 0.29) is 12.4 Å². The molecule has 29 heavy (non-hydrogen) atoms. The number of nitrogens with one attached hydrogen (secondary N) is 4. The molecule has 0 radical (unpaired) electrons. The molecule has 0 heterocycles. The molecule has 0 unspecified atom stereocenters. The van der Waals surface area contributed by atoms with E-state index in [1.54, 1.807) is 13.8 Å². The highest BCUT2D eigenvalue weighted by Gasteiger charge is 2.29. The summed E-state index contributed by atoms with van der Waals surface area (Å²) in [6.07, 6.45) is 3.53. The van der Waals surface area contributed by atoms with Crippen LogP contribution in [0.5, 0.6) is 0 Å². The Morgan fingerprint density at radius 1 is 0.966 bits per heavy atom. The van der Waals surface area contributed by atoms with Crippen LogP contribution in [-0.2, 0) is 19.2 Å². The van der Waals surface area contributed by atoms with Gasteiger partial charge in [0.05, 0.1) is 6.42 Å². The maximum absolute atomic E-state index is 12.3. The SMILES string of the molecule is CC(C)[C@H](NC(=O)[C@H](CC(=O)O)NC(=O)CCCCCCCNC(=N)N)C(=O)O. The molecular weight excluding hydrogens is 382 g/mol. The van der Waals surface area contributed by atoms with Gasteiger partial charge < -0.3 is 31.9 Å². The summed E-state index contributed by atoms with van der Waals surface area (Å²) in [5, 5.41) is 32.5. The van der Waals surface area contributed by atoms with Crippen molar-refractivity contribution < 1.29 is 29.4 Å². The quantitative estimate of drug-likeness (QED) is 0.110. The van der Waals surface area contributed by atoms with E-state index < -0.39 is 48.2 Å². The monoisotopic (exact) mass is 415 g/mol. The Hall–Kier alpha value is -2.85. The zero-order valence-electron chi connectivity index (χ0n) is 17.0. The van der Waals surface area contributed by atoms with Gasteiger partial charge in [0.1, 0.15) is 12.1 Å². The number of amides is 2. The maximum atomic E-state index is 12.3. The van der Waals surface area contributed by atoms with Gasteiger partial charge in [0.25, 0.3) is 0 Å². The Bertz CT molecular complexity index is 581. The largest absolute Gasteiger partial charge is 0.481 e. The van der Waals surface area contributed by atoms with Crippen molar-refractivity contribution in [2.24, 2.45) is 11.7 Å². The van der Waals surface area contributed by atoms with Gasteiger partial charge in [-0.05, 0) is 18.8 Å². The number of carbonyl (C=O) groups is 4. The number of nitrogens with two attached hydrogens (primary N) is 1. The third-order valence-electron chi connectivity index (χ3n) is 4.16. The molecule has 11 heteroatoms. The van der Waals surface area contributed by atoms with E-state index >= 15 is 0 Å². The molecule has 2 amide bonds. The molecule has 2 atom stereocenters. The standard InChI is InChI=1S/C18H33N5O6/c1-11(2)15(17(28)29)23-16(27)12(10-14(25)26)22-13(24)8-6-4-3-5-7-9-21-18(19)20/h11-12,15H,3-10H2,1-2H3,(H,22,24)(H,23,27)(H,25,26)(H,28,29)(H4,19,20,21)/t12-,15-/m0/s1. The van der Waals surface area contributed by atoms with Gasteiger partial charge in [0.2, 0.25) is 11.8 Å². The zero-order valence-corrected chi connectivity index (χ0v) is 17.0. The topological polar surface area (TPSA) is 195 Å². The third-order valence-corrected chi connectivity index (χ3v) is 4.16. The molecule has 0 saturated carbocycles. The Balaban J connectivity index is 4.39. The molecule has 11 nitrogen and oxygen atoms in total. The third kappa shape index (κ3) is 13.0. The molecule has 0 aromatic heterocycles. The first-order valence-corrected chi connectivity index (χ1v) is 9.66. The van der Waals surface area contributed by atoms with Crippen LogP contribution >= 0.6 is 0 Å². The van der Waals surface area contributed by atoms with E-state index in [2.05, 4.69) is 16.0 Å². The van der Waals surface area contributed by atoms with Crippen molar-refractivity contribution in [3.63, 3.8) is 0 Å². The van der Waals surface area contributed by atoms with Crippen LogP contribution in [0.3, 0.4) is 0 Å². The second-order valence-corrected chi connectivity index (χ2v) is 7.14. The van der Waals surface area contributed by atoms with Crippen LogP contribution in [0, 0.1) is 11.3 Å². The van der Waals surface area contributed by atoms with Crippen LogP contribution in [-0.4, -0.2) is 58.6 Å². The Morgan fingerprint density at radius 2 is 1.55 bits per heavy atom. The molecule has 0 fully saturated rings. The Morgan fingerprint density at radius 3 is 2.07 bits per heavy atom. The molecule has 0 aliphatic carbocycles. The first kappa shape index (κ1) is 26.1. The summed E-state index contributed by atoms with van der Waals surface area (Å²) in [6.45, 7) is 3.84. The van der Waals surface area contributed by atoms with Crippen LogP contribution in [0.15, 0.2) is 0 Å². The molecular formula is C18H33N5O6. The predicted octanol–water partition coefficient (Wildman–Crippen LogP) is -0.00503. The van der Waals surface area contributed by atoms with Crippen molar-refractivity contribution in [2.75, 3.05) is 6.54 Å². The fraction of sp³-hybridized carbons (Fsp3) is 0.722. The van der Waals surface area contributed by atoms with Crippen molar-refractivity contribution in [2.45, 2.75) is 70.9 Å². The number of rotatable bonds is 15. The van der Waals surface area contributed by atoms with E-state index in [0.717, 1.165) is 25.7 Å². The lowest BCUT2D eigenvalue weighted by Gasteiger charge is -2.22. The van der Waals surface area contributed by atoms with Gasteiger partial charge in [0, 0.05) is 13.0 Å². The van der Waals surface area contributed by atoms with Crippen LogP contribution in [0.4, 0.5) is 0 Å². The van der Waals surface area contributed by atoms with E-state index in [1.165, 1.54) is 0 Å².